The van der Waals surface area contributed by atoms with Gasteiger partial charge < -0.3 is 4.74 Å². The third-order valence-corrected chi connectivity index (χ3v) is 1.84. The molecule has 0 radical (unpaired) electrons. The fraction of sp³-hybridized carbons (Fsp3) is 0.818. The molecule has 0 N–H and O–H groups in total. The first-order valence-electron chi connectivity index (χ1n) is 5.10. The van der Waals surface area contributed by atoms with E-state index in [9.17, 15) is 0 Å². The summed E-state index contributed by atoms with van der Waals surface area (Å²) in [5.74, 6) is 0. The van der Waals surface area contributed by atoms with Crippen molar-refractivity contribution in [1.82, 2.24) is 0 Å². The van der Waals surface area contributed by atoms with Crippen molar-refractivity contribution in [3.63, 3.8) is 0 Å². The molecule has 0 atom stereocenters. The molecule has 0 aliphatic carbocycles. The molecule has 12 heavy (non-hydrogen) atoms. The average molecular weight is 170 g/mol. The van der Waals surface area contributed by atoms with E-state index >= 15 is 0 Å². The van der Waals surface area contributed by atoms with Gasteiger partial charge in [-0.2, -0.15) is 0 Å². The summed E-state index contributed by atoms with van der Waals surface area (Å²) < 4.78 is 5.43. The maximum Gasteiger partial charge on any atom is 0.0466 e. The second-order valence-electron chi connectivity index (χ2n) is 3.10. The summed E-state index contributed by atoms with van der Waals surface area (Å²) in [4.78, 5) is 0. The third kappa shape index (κ3) is 9.70. The van der Waals surface area contributed by atoms with E-state index in [-0.39, 0.29) is 0 Å². The molecule has 0 aromatic heterocycles. The van der Waals surface area contributed by atoms with Crippen molar-refractivity contribution < 1.29 is 4.74 Å². The van der Waals surface area contributed by atoms with E-state index in [1.54, 1.807) is 0 Å². The van der Waals surface area contributed by atoms with Crippen molar-refractivity contribution in [1.29, 1.82) is 0 Å². The molecule has 0 spiro atoms. The maximum atomic E-state index is 5.43. The molecule has 0 rings (SSSR count). The lowest BCUT2D eigenvalue weighted by Gasteiger charge is -2.01. The van der Waals surface area contributed by atoms with Crippen LogP contribution in [-0.4, -0.2) is 13.2 Å². The first-order valence-corrected chi connectivity index (χ1v) is 5.10. The Labute approximate surface area is 76.8 Å². The van der Waals surface area contributed by atoms with Gasteiger partial charge in [-0.25, -0.2) is 0 Å². The van der Waals surface area contributed by atoms with E-state index in [1.165, 1.54) is 32.1 Å². The zero-order chi connectivity index (χ0) is 9.07. The quantitative estimate of drug-likeness (QED) is 0.380. The number of allylic oxidation sites excluding steroid dienone is 1. The second kappa shape index (κ2) is 10.7. The molecule has 1 heteroatoms. The van der Waals surface area contributed by atoms with Gasteiger partial charge in [0.2, 0.25) is 0 Å². The smallest absolute Gasteiger partial charge is 0.0466 e. The van der Waals surface area contributed by atoms with E-state index in [1.807, 2.05) is 6.08 Å². The Balaban J connectivity index is 2.77. The summed E-state index contributed by atoms with van der Waals surface area (Å²) in [6.45, 7) is 7.76. The van der Waals surface area contributed by atoms with Gasteiger partial charge in [0.15, 0.2) is 0 Å². The Bertz CT molecular complexity index is 89.0. The molecule has 0 amide bonds. The Morgan fingerprint density at radius 1 is 1.08 bits per heavy atom. The molecule has 1 nitrogen and oxygen atoms in total. The largest absolute Gasteiger partial charge is 0.381 e. The lowest BCUT2D eigenvalue weighted by molar-refractivity contribution is 0.127. The van der Waals surface area contributed by atoms with Gasteiger partial charge in [-0.15, -0.1) is 6.58 Å². The van der Waals surface area contributed by atoms with Crippen molar-refractivity contribution in [3.05, 3.63) is 12.7 Å². The van der Waals surface area contributed by atoms with Crippen LogP contribution < -0.4 is 0 Å². The van der Waals surface area contributed by atoms with Gasteiger partial charge in [0.25, 0.3) is 0 Å². The molecule has 0 aromatic rings. The predicted octanol–water partition coefficient (Wildman–Crippen LogP) is 3.55. The van der Waals surface area contributed by atoms with Crippen molar-refractivity contribution in [3.8, 4) is 0 Å². The Hall–Kier alpha value is -0.300. The normalized spacial score (nSPS) is 10.1. The number of ether oxygens (including phenoxy) is 1. The van der Waals surface area contributed by atoms with Gasteiger partial charge in [0, 0.05) is 13.2 Å². The highest BCUT2D eigenvalue weighted by atomic mass is 16.5. The summed E-state index contributed by atoms with van der Waals surface area (Å²) >= 11 is 0. The van der Waals surface area contributed by atoms with Gasteiger partial charge in [-0.05, 0) is 25.7 Å². The average Bonchev–Trinajstić information content (AvgIpc) is 2.10. The van der Waals surface area contributed by atoms with Crippen LogP contribution in [0.2, 0.25) is 0 Å². The van der Waals surface area contributed by atoms with Crippen LogP contribution in [0.4, 0.5) is 0 Å². The van der Waals surface area contributed by atoms with Gasteiger partial charge in [0.05, 0.1) is 0 Å². The van der Waals surface area contributed by atoms with E-state index in [4.69, 9.17) is 4.74 Å². The van der Waals surface area contributed by atoms with Crippen LogP contribution in [0.1, 0.15) is 45.4 Å². The minimum Gasteiger partial charge on any atom is -0.381 e. The monoisotopic (exact) mass is 170 g/mol. The van der Waals surface area contributed by atoms with Crippen LogP contribution in [0.5, 0.6) is 0 Å². The van der Waals surface area contributed by atoms with Crippen LogP contribution >= 0.6 is 0 Å². The maximum absolute atomic E-state index is 5.43. The highest BCUT2D eigenvalue weighted by molar-refractivity contribution is 4.65. The van der Waals surface area contributed by atoms with Gasteiger partial charge in [-0.1, -0.05) is 25.8 Å². The van der Waals surface area contributed by atoms with E-state index < -0.39 is 0 Å². The lowest BCUT2D eigenvalue weighted by Crippen LogP contribution is -1.96. The van der Waals surface area contributed by atoms with E-state index in [0.717, 1.165) is 19.6 Å². The highest BCUT2D eigenvalue weighted by Gasteiger charge is 1.88. The molecule has 0 saturated heterocycles. The third-order valence-electron chi connectivity index (χ3n) is 1.84. The Morgan fingerprint density at radius 3 is 2.50 bits per heavy atom. The van der Waals surface area contributed by atoms with Crippen LogP contribution in [0, 0.1) is 0 Å². The minimum atomic E-state index is 0.942. The SMILES string of the molecule is C=CCCCCCOCCCC. The first-order chi connectivity index (χ1) is 5.91. The van der Waals surface area contributed by atoms with Gasteiger partial charge in [0.1, 0.15) is 0 Å². The van der Waals surface area contributed by atoms with Crippen LogP contribution in [0.3, 0.4) is 0 Å². The standard InChI is InChI=1S/C11H22O/c1-3-5-7-8-9-11-12-10-6-4-2/h3H,1,4-11H2,2H3. The summed E-state index contributed by atoms with van der Waals surface area (Å²) in [5, 5.41) is 0. The van der Waals surface area contributed by atoms with Crippen LogP contribution in [0.15, 0.2) is 12.7 Å². The molecule has 0 saturated carbocycles. The van der Waals surface area contributed by atoms with Crippen molar-refractivity contribution in [2.24, 2.45) is 0 Å². The summed E-state index contributed by atoms with van der Waals surface area (Å²) in [6, 6.07) is 0. The summed E-state index contributed by atoms with van der Waals surface area (Å²) in [5.41, 5.74) is 0. The predicted molar refractivity (Wildman–Crippen MR) is 54.4 cm³/mol. The lowest BCUT2D eigenvalue weighted by atomic mass is 10.2. The topological polar surface area (TPSA) is 9.23 Å². The van der Waals surface area contributed by atoms with Gasteiger partial charge >= 0.3 is 0 Å². The molecular formula is C11H22O. The molecule has 72 valence electrons. The molecule has 0 aromatic carbocycles. The van der Waals surface area contributed by atoms with Crippen LogP contribution in [-0.2, 0) is 4.74 Å². The fourth-order valence-corrected chi connectivity index (χ4v) is 1.02. The second-order valence-corrected chi connectivity index (χ2v) is 3.10. The summed E-state index contributed by atoms with van der Waals surface area (Å²) in [7, 11) is 0. The number of unbranched alkanes of at least 4 members (excludes halogenated alkanes) is 4. The Morgan fingerprint density at radius 2 is 1.83 bits per heavy atom. The highest BCUT2D eigenvalue weighted by Crippen LogP contribution is 2.00. The Kier molecular flexibility index (Phi) is 10.4. The van der Waals surface area contributed by atoms with Crippen molar-refractivity contribution in [2.45, 2.75) is 45.4 Å². The van der Waals surface area contributed by atoms with E-state index in [0.29, 0.717) is 0 Å². The van der Waals surface area contributed by atoms with Crippen molar-refractivity contribution >= 4 is 0 Å². The molecule has 0 fully saturated rings. The van der Waals surface area contributed by atoms with E-state index in [2.05, 4.69) is 13.5 Å². The van der Waals surface area contributed by atoms with Crippen molar-refractivity contribution in [2.75, 3.05) is 13.2 Å². The van der Waals surface area contributed by atoms with Crippen LogP contribution in [0.25, 0.3) is 0 Å². The molecule has 0 heterocycles. The number of hydrogen-bond donors (Lipinski definition) is 0. The fourth-order valence-electron chi connectivity index (χ4n) is 1.02. The zero-order valence-corrected chi connectivity index (χ0v) is 8.35. The van der Waals surface area contributed by atoms with Gasteiger partial charge in [-0.3, -0.25) is 0 Å². The molecule has 0 bridgehead atoms. The number of rotatable bonds is 9. The molecular weight excluding hydrogens is 148 g/mol. The molecule has 0 unspecified atom stereocenters. The molecule has 0 aliphatic rings. The first kappa shape index (κ1) is 11.7. The molecule has 0 aliphatic heterocycles. The zero-order valence-electron chi connectivity index (χ0n) is 8.35. The number of hydrogen-bond acceptors (Lipinski definition) is 1. The minimum absolute atomic E-state index is 0.942. The summed E-state index contributed by atoms with van der Waals surface area (Å²) in [6.07, 6.45) is 9.31.